The zero-order valence-corrected chi connectivity index (χ0v) is 13.4. The Hall–Kier alpha value is -1.42. The van der Waals surface area contributed by atoms with E-state index in [2.05, 4.69) is 0 Å². The van der Waals surface area contributed by atoms with E-state index in [0.29, 0.717) is 0 Å². The minimum Gasteiger partial charge on any atom is -0.445 e. The van der Waals surface area contributed by atoms with E-state index in [-0.39, 0.29) is 13.2 Å². The van der Waals surface area contributed by atoms with Gasteiger partial charge in [0.05, 0.1) is 13.2 Å². The molecule has 0 saturated carbocycles. The minimum atomic E-state index is -3.55. The number of esters is 1. The fourth-order valence-electron chi connectivity index (χ4n) is 1.68. The van der Waals surface area contributed by atoms with Crippen molar-refractivity contribution in [2.45, 2.75) is 26.6 Å². The van der Waals surface area contributed by atoms with Crippen molar-refractivity contribution in [3.63, 3.8) is 0 Å². The summed E-state index contributed by atoms with van der Waals surface area (Å²) in [6.07, 6.45) is 3.25. The summed E-state index contributed by atoms with van der Waals surface area (Å²) in [4.78, 5) is 11.2. The molecule has 0 saturated heterocycles. The summed E-state index contributed by atoms with van der Waals surface area (Å²) in [7, 11) is -3.55. The molecule has 0 fully saturated rings. The van der Waals surface area contributed by atoms with Gasteiger partial charge in [-0.15, -0.1) is 0 Å². The summed E-state index contributed by atoms with van der Waals surface area (Å²) < 4.78 is 28.3. The summed E-state index contributed by atoms with van der Waals surface area (Å²) in [6, 6.07) is 9.42. The third-order valence-corrected chi connectivity index (χ3v) is 4.61. The van der Waals surface area contributed by atoms with Gasteiger partial charge in [0.15, 0.2) is 0 Å². The number of ether oxygens (including phenoxy) is 1. The molecule has 0 aliphatic rings. The van der Waals surface area contributed by atoms with Crippen LogP contribution in [0.1, 0.15) is 26.3 Å². The Labute approximate surface area is 125 Å². The van der Waals surface area contributed by atoms with Crippen molar-refractivity contribution in [3.05, 3.63) is 42.0 Å². The van der Waals surface area contributed by atoms with E-state index in [4.69, 9.17) is 13.8 Å². The van der Waals surface area contributed by atoms with Crippen LogP contribution < -0.4 is 0 Å². The SMILES string of the molecule is CCOP(=O)(OCC)C(/C=C/c1ccccc1)OC(C)=O. The molecule has 6 heteroatoms. The maximum absolute atomic E-state index is 12.7. The predicted octanol–water partition coefficient (Wildman–Crippen LogP) is 3.86. The lowest BCUT2D eigenvalue weighted by molar-refractivity contribution is -0.142. The van der Waals surface area contributed by atoms with Crippen LogP contribution in [0.25, 0.3) is 6.08 Å². The summed E-state index contributed by atoms with van der Waals surface area (Å²) in [6.45, 7) is 5.07. The molecule has 1 aromatic rings. The lowest BCUT2D eigenvalue weighted by atomic mass is 10.2. The van der Waals surface area contributed by atoms with Crippen molar-refractivity contribution in [1.82, 2.24) is 0 Å². The number of carbonyl (C=O) groups is 1. The molecule has 0 N–H and O–H groups in total. The van der Waals surface area contributed by atoms with Crippen molar-refractivity contribution in [3.8, 4) is 0 Å². The highest BCUT2D eigenvalue weighted by Gasteiger charge is 2.36. The highest BCUT2D eigenvalue weighted by Crippen LogP contribution is 2.54. The largest absolute Gasteiger partial charge is 0.445 e. The lowest BCUT2D eigenvalue weighted by Gasteiger charge is -2.23. The molecular formula is C15H21O5P. The fraction of sp³-hybridized carbons (Fsp3) is 0.400. The van der Waals surface area contributed by atoms with Crippen molar-refractivity contribution in [1.29, 1.82) is 0 Å². The van der Waals surface area contributed by atoms with E-state index < -0.39 is 19.4 Å². The minimum absolute atomic E-state index is 0.203. The third kappa shape index (κ3) is 5.84. The molecule has 21 heavy (non-hydrogen) atoms. The number of rotatable bonds is 8. The Morgan fingerprint density at radius 3 is 2.24 bits per heavy atom. The maximum Gasteiger partial charge on any atom is 0.374 e. The number of carbonyl (C=O) groups excluding carboxylic acids is 1. The molecule has 0 radical (unpaired) electrons. The highest BCUT2D eigenvalue weighted by atomic mass is 31.2. The second-order valence-corrected chi connectivity index (χ2v) is 6.25. The Bertz CT molecular complexity index is 502. The van der Waals surface area contributed by atoms with Crippen LogP contribution in [-0.2, 0) is 23.1 Å². The van der Waals surface area contributed by atoms with Crippen LogP contribution >= 0.6 is 7.60 Å². The molecule has 0 bridgehead atoms. The normalized spacial score (nSPS) is 13.3. The average Bonchev–Trinajstić information content (AvgIpc) is 2.44. The van der Waals surface area contributed by atoms with E-state index in [1.54, 1.807) is 19.9 Å². The Morgan fingerprint density at radius 1 is 1.19 bits per heavy atom. The van der Waals surface area contributed by atoms with Crippen LogP contribution in [0.2, 0.25) is 0 Å². The van der Waals surface area contributed by atoms with Gasteiger partial charge in [-0.3, -0.25) is 9.36 Å². The second kappa shape index (κ2) is 8.78. The van der Waals surface area contributed by atoms with Crippen LogP contribution in [0.4, 0.5) is 0 Å². The summed E-state index contributed by atoms with van der Waals surface area (Å²) in [5.74, 6) is -1.60. The Balaban J connectivity index is 3.00. The Kier molecular flexibility index (Phi) is 7.37. The van der Waals surface area contributed by atoms with E-state index in [1.807, 2.05) is 30.3 Å². The lowest BCUT2D eigenvalue weighted by Crippen LogP contribution is -2.17. The van der Waals surface area contributed by atoms with Crippen LogP contribution in [-0.4, -0.2) is 25.0 Å². The quantitative estimate of drug-likeness (QED) is 0.539. The van der Waals surface area contributed by atoms with Crippen LogP contribution in [0.15, 0.2) is 36.4 Å². The zero-order valence-electron chi connectivity index (χ0n) is 12.5. The highest BCUT2D eigenvalue weighted by molar-refractivity contribution is 7.54. The van der Waals surface area contributed by atoms with Crippen molar-refractivity contribution in [2.75, 3.05) is 13.2 Å². The molecule has 1 aromatic carbocycles. The standard InChI is InChI=1S/C15H21O5P/c1-4-18-21(17,19-5-2)15(20-13(3)16)12-11-14-9-7-6-8-10-14/h6-12,15H,4-5H2,1-3H3/b12-11+. The topological polar surface area (TPSA) is 61.8 Å². The van der Waals surface area contributed by atoms with Gasteiger partial charge < -0.3 is 13.8 Å². The molecule has 1 rings (SSSR count). The van der Waals surface area contributed by atoms with E-state index in [9.17, 15) is 9.36 Å². The van der Waals surface area contributed by atoms with Crippen molar-refractivity contribution >= 4 is 19.6 Å². The van der Waals surface area contributed by atoms with Crippen LogP contribution in [0.3, 0.4) is 0 Å². The van der Waals surface area contributed by atoms with Gasteiger partial charge in [-0.2, -0.15) is 0 Å². The van der Waals surface area contributed by atoms with Gasteiger partial charge in [0.2, 0.25) is 5.85 Å². The summed E-state index contributed by atoms with van der Waals surface area (Å²) in [5.41, 5.74) is 0.897. The molecule has 0 heterocycles. The molecule has 116 valence electrons. The van der Waals surface area contributed by atoms with Gasteiger partial charge in [0.25, 0.3) is 0 Å². The Morgan fingerprint density at radius 2 is 1.76 bits per heavy atom. The second-order valence-electron chi connectivity index (χ2n) is 4.15. The summed E-state index contributed by atoms with van der Waals surface area (Å²) >= 11 is 0. The fourth-order valence-corrected chi connectivity index (χ4v) is 3.34. The monoisotopic (exact) mass is 312 g/mol. The predicted molar refractivity (Wildman–Crippen MR) is 81.9 cm³/mol. The first kappa shape index (κ1) is 17.6. The number of benzene rings is 1. The van der Waals surface area contributed by atoms with Crippen LogP contribution in [0.5, 0.6) is 0 Å². The van der Waals surface area contributed by atoms with E-state index >= 15 is 0 Å². The van der Waals surface area contributed by atoms with Gasteiger partial charge in [-0.1, -0.05) is 36.4 Å². The zero-order chi connectivity index (χ0) is 15.7. The summed E-state index contributed by atoms with van der Waals surface area (Å²) in [5, 5.41) is 0. The molecular weight excluding hydrogens is 291 g/mol. The average molecular weight is 312 g/mol. The molecule has 0 aliphatic carbocycles. The first-order valence-electron chi connectivity index (χ1n) is 6.81. The van der Waals surface area contributed by atoms with Crippen molar-refractivity contribution < 1.29 is 23.1 Å². The van der Waals surface area contributed by atoms with Gasteiger partial charge in [-0.05, 0) is 25.5 Å². The first-order valence-corrected chi connectivity index (χ1v) is 8.42. The first-order chi connectivity index (χ1) is 10.0. The van der Waals surface area contributed by atoms with Crippen LogP contribution in [0, 0.1) is 0 Å². The van der Waals surface area contributed by atoms with Gasteiger partial charge in [0.1, 0.15) is 0 Å². The maximum atomic E-state index is 12.7. The smallest absolute Gasteiger partial charge is 0.374 e. The van der Waals surface area contributed by atoms with Crippen molar-refractivity contribution in [2.24, 2.45) is 0 Å². The van der Waals surface area contributed by atoms with Gasteiger partial charge in [0, 0.05) is 6.92 Å². The molecule has 0 amide bonds. The van der Waals surface area contributed by atoms with E-state index in [0.717, 1.165) is 5.56 Å². The molecule has 1 unspecified atom stereocenters. The number of hydrogen-bond acceptors (Lipinski definition) is 5. The van der Waals surface area contributed by atoms with E-state index in [1.165, 1.54) is 13.0 Å². The molecule has 1 atom stereocenters. The van der Waals surface area contributed by atoms with Gasteiger partial charge >= 0.3 is 13.6 Å². The molecule has 0 spiro atoms. The third-order valence-electron chi connectivity index (χ3n) is 2.47. The molecule has 5 nitrogen and oxygen atoms in total. The molecule has 0 aromatic heterocycles. The number of hydrogen-bond donors (Lipinski definition) is 0. The van der Waals surface area contributed by atoms with Gasteiger partial charge in [-0.25, -0.2) is 0 Å². The molecule has 0 aliphatic heterocycles.